The van der Waals surface area contributed by atoms with Crippen molar-refractivity contribution < 1.29 is 4.57 Å². The molecule has 2 heterocycles. The van der Waals surface area contributed by atoms with E-state index in [1.807, 2.05) is 25.1 Å². The third kappa shape index (κ3) is 2.29. The number of nitrogens with one attached hydrogen (secondary N) is 2. The Labute approximate surface area is 125 Å². The highest BCUT2D eigenvalue weighted by atomic mass is 32.1. The highest BCUT2D eigenvalue weighted by molar-refractivity contribution is 7.80. The lowest BCUT2D eigenvalue weighted by Crippen LogP contribution is -2.41. The molecule has 21 heavy (non-hydrogen) atoms. The first-order valence-electron chi connectivity index (χ1n) is 6.46. The average molecular weight is 303 g/mol. The molecule has 108 valence electrons. The summed E-state index contributed by atoms with van der Waals surface area (Å²) < 4.78 is 3.12. The zero-order valence-electron chi connectivity index (χ0n) is 11.7. The van der Waals surface area contributed by atoms with Crippen LogP contribution < -0.4 is 15.8 Å². The van der Waals surface area contributed by atoms with Gasteiger partial charge in [-0.3, -0.25) is 14.3 Å². The Morgan fingerprint density at radius 1 is 1.29 bits per heavy atom. The van der Waals surface area contributed by atoms with Crippen LogP contribution in [0.25, 0.3) is 11.2 Å². The van der Waals surface area contributed by atoms with Gasteiger partial charge in [-0.1, -0.05) is 42.5 Å². The fourth-order valence-electron chi connectivity index (χ4n) is 2.43. The summed E-state index contributed by atoms with van der Waals surface area (Å²) in [5.41, 5.74) is 2.20. The van der Waals surface area contributed by atoms with Crippen molar-refractivity contribution in [3.8, 4) is 0 Å². The van der Waals surface area contributed by atoms with Gasteiger partial charge in [-0.05, 0) is 12.5 Å². The second kappa shape index (κ2) is 4.92. The van der Waals surface area contributed by atoms with Crippen LogP contribution in [0.2, 0.25) is 0 Å². The summed E-state index contributed by atoms with van der Waals surface area (Å²) in [7, 11) is 1.60. The van der Waals surface area contributed by atoms with Gasteiger partial charge in [0.05, 0.1) is 0 Å². The zero-order valence-corrected chi connectivity index (χ0v) is 12.6. The monoisotopic (exact) mass is 303 g/mol. The van der Waals surface area contributed by atoms with Crippen LogP contribution in [0.4, 0.5) is 0 Å². The number of fused-ring (bicyclic) bond motifs is 1. The summed E-state index contributed by atoms with van der Waals surface area (Å²) in [6.45, 7) is 2.52. The molecule has 2 aromatic heterocycles. The smallest absolute Gasteiger partial charge is 0.270 e. The predicted octanol–water partition coefficient (Wildman–Crippen LogP) is 0.488. The van der Waals surface area contributed by atoms with E-state index in [4.69, 9.17) is 0 Å². The van der Waals surface area contributed by atoms with Crippen molar-refractivity contribution in [3.63, 3.8) is 0 Å². The summed E-state index contributed by atoms with van der Waals surface area (Å²) in [5, 5.41) is 0.526. The molecule has 0 atom stereocenters. The van der Waals surface area contributed by atoms with Crippen LogP contribution in [0.3, 0.4) is 0 Å². The highest BCUT2D eigenvalue weighted by Crippen LogP contribution is 2.09. The number of aromatic amines is 2. The number of aromatic nitrogens is 4. The van der Waals surface area contributed by atoms with Crippen LogP contribution in [-0.4, -0.2) is 14.5 Å². The van der Waals surface area contributed by atoms with E-state index in [9.17, 15) is 9.59 Å². The zero-order chi connectivity index (χ0) is 15.1. The van der Waals surface area contributed by atoms with Gasteiger partial charge in [0.15, 0.2) is 0 Å². The van der Waals surface area contributed by atoms with Gasteiger partial charge >= 0.3 is 16.4 Å². The standard InChI is InChI=1S/C14H14N4O2S/c1-8-4-3-5-9(6-8)7-18-10-11(15-14(18)21)17(2)13(20)16-12(10)19/h3-6H,7H2,1-2H3,(H2,15,16,19,20,21)/p+1. The van der Waals surface area contributed by atoms with Crippen molar-refractivity contribution in [3.05, 3.63) is 56.2 Å². The van der Waals surface area contributed by atoms with Crippen molar-refractivity contribution in [2.24, 2.45) is 7.05 Å². The first kappa shape index (κ1) is 13.7. The van der Waals surface area contributed by atoms with E-state index in [1.54, 1.807) is 11.6 Å². The molecule has 6 nitrogen and oxygen atoms in total. The third-order valence-electron chi connectivity index (χ3n) is 3.48. The number of rotatable bonds is 2. The van der Waals surface area contributed by atoms with Gasteiger partial charge in [-0.25, -0.2) is 14.3 Å². The van der Waals surface area contributed by atoms with E-state index >= 15 is 0 Å². The summed E-state index contributed by atoms with van der Waals surface area (Å²) in [6, 6.07) is 8.02. The van der Waals surface area contributed by atoms with E-state index < -0.39 is 11.2 Å². The minimum absolute atomic E-state index is 0.406. The van der Waals surface area contributed by atoms with Crippen molar-refractivity contribution in [1.29, 1.82) is 0 Å². The summed E-state index contributed by atoms with van der Waals surface area (Å²) in [4.78, 5) is 29.0. The fraction of sp³-hybridized carbons (Fsp3) is 0.214. The number of hydrogen-bond acceptors (Lipinski definition) is 3. The normalized spacial score (nSPS) is 11.2. The third-order valence-corrected chi connectivity index (χ3v) is 3.83. The Kier molecular flexibility index (Phi) is 3.21. The molecule has 0 saturated carbocycles. The Balaban J connectivity index is 2.24. The summed E-state index contributed by atoms with van der Waals surface area (Å²) >= 11 is 4.38. The SMILES string of the molecule is Cc1cccc(C[n+]2c(S)[nH]c3c2c(=O)[nH]c(=O)n3C)c1. The van der Waals surface area contributed by atoms with Gasteiger partial charge in [0.25, 0.3) is 11.2 Å². The molecule has 2 N–H and O–H groups in total. The number of aryl methyl sites for hydroxylation is 2. The Morgan fingerprint density at radius 3 is 2.76 bits per heavy atom. The molecule has 0 fully saturated rings. The topological polar surface area (TPSA) is 74.5 Å². The molecule has 0 aliphatic carbocycles. The van der Waals surface area contributed by atoms with E-state index in [1.165, 1.54) is 4.57 Å². The van der Waals surface area contributed by atoms with Crippen molar-refractivity contribution in [2.75, 3.05) is 0 Å². The van der Waals surface area contributed by atoms with Crippen LogP contribution in [0.15, 0.2) is 39.0 Å². The maximum atomic E-state index is 12.1. The molecular formula is C14H15N4O2S+. The van der Waals surface area contributed by atoms with Gasteiger partial charge in [0.1, 0.15) is 6.54 Å². The molecule has 0 aliphatic rings. The lowest BCUT2D eigenvalue weighted by atomic mass is 10.1. The molecule has 0 saturated heterocycles. The number of H-pyrrole nitrogens is 2. The Morgan fingerprint density at radius 2 is 2.05 bits per heavy atom. The molecule has 0 spiro atoms. The molecule has 1 aromatic carbocycles. The summed E-state index contributed by atoms with van der Waals surface area (Å²) in [6.07, 6.45) is 0. The lowest BCUT2D eigenvalue weighted by molar-refractivity contribution is -0.700. The van der Waals surface area contributed by atoms with Gasteiger partial charge in [-0.2, -0.15) is 0 Å². The Bertz CT molecular complexity index is 952. The first-order valence-corrected chi connectivity index (χ1v) is 6.91. The first-order chi connectivity index (χ1) is 9.97. The van der Waals surface area contributed by atoms with Crippen LogP contribution in [0.1, 0.15) is 11.1 Å². The van der Waals surface area contributed by atoms with Gasteiger partial charge in [0.2, 0.25) is 0 Å². The quantitative estimate of drug-likeness (QED) is 0.476. The largest absolute Gasteiger partial charge is 0.331 e. The van der Waals surface area contributed by atoms with E-state index in [2.05, 4.69) is 28.7 Å². The number of nitrogens with zero attached hydrogens (tertiary/aromatic N) is 2. The van der Waals surface area contributed by atoms with Crippen LogP contribution >= 0.6 is 12.6 Å². The number of thiol groups is 1. The lowest BCUT2D eigenvalue weighted by Gasteiger charge is -2.01. The molecule has 0 aliphatic heterocycles. The van der Waals surface area contributed by atoms with Crippen LogP contribution in [-0.2, 0) is 13.6 Å². The molecule has 0 bridgehead atoms. The summed E-state index contributed by atoms with van der Waals surface area (Å²) in [5.74, 6) is 0. The number of hydrogen-bond donors (Lipinski definition) is 3. The van der Waals surface area contributed by atoms with Crippen molar-refractivity contribution in [2.45, 2.75) is 18.6 Å². The number of imidazole rings is 1. The minimum Gasteiger partial charge on any atom is -0.270 e. The van der Waals surface area contributed by atoms with Crippen molar-refractivity contribution in [1.82, 2.24) is 14.5 Å². The average Bonchev–Trinajstić information content (AvgIpc) is 2.74. The van der Waals surface area contributed by atoms with E-state index in [0.717, 1.165) is 11.1 Å². The number of benzene rings is 1. The van der Waals surface area contributed by atoms with Crippen LogP contribution in [0.5, 0.6) is 0 Å². The van der Waals surface area contributed by atoms with Gasteiger partial charge in [0, 0.05) is 7.05 Å². The predicted molar refractivity (Wildman–Crippen MR) is 81.9 cm³/mol. The molecule has 3 aromatic rings. The van der Waals surface area contributed by atoms with Gasteiger partial charge in [-0.15, -0.1) is 0 Å². The molecule has 7 heteroatoms. The second-order valence-corrected chi connectivity index (χ2v) is 5.46. The molecule has 0 unspecified atom stereocenters. The fourth-order valence-corrected chi connectivity index (χ4v) is 2.70. The molecule has 3 rings (SSSR count). The second-order valence-electron chi connectivity index (χ2n) is 5.04. The Hall–Kier alpha value is -2.28. The maximum Gasteiger partial charge on any atom is 0.331 e. The van der Waals surface area contributed by atoms with E-state index in [-0.39, 0.29) is 0 Å². The van der Waals surface area contributed by atoms with Gasteiger partial charge < -0.3 is 0 Å². The molecule has 0 radical (unpaired) electrons. The van der Waals surface area contributed by atoms with Crippen molar-refractivity contribution >= 4 is 23.8 Å². The van der Waals surface area contributed by atoms with E-state index in [0.29, 0.717) is 22.9 Å². The molecular weight excluding hydrogens is 288 g/mol. The maximum absolute atomic E-state index is 12.1. The highest BCUT2D eigenvalue weighted by Gasteiger charge is 2.22. The van der Waals surface area contributed by atoms with Crippen LogP contribution in [0, 0.1) is 6.92 Å². The minimum atomic E-state index is -0.454. The molecule has 0 amide bonds.